The van der Waals surface area contributed by atoms with Crippen LogP contribution >= 0.6 is 11.3 Å². The van der Waals surface area contributed by atoms with Gasteiger partial charge in [-0.05, 0) is 29.1 Å². The summed E-state index contributed by atoms with van der Waals surface area (Å²) in [6.45, 7) is 0.316. The second-order valence-electron chi connectivity index (χ2n) is 4.46. The van der Waals surface area contributed by atoms with Crippen LogP contribution in [0.1, 0.15) is 26.6 Å². The van der Waals surface area contributed by atoms with E-state index in [0.717, 1.165) is 16.3 Å². The molecule has 106 valence electrons. The zero-order valence-electron chi connectivity index (χ0n) is 11.2. The van der Waals surface area contributed by atoms with E-state index in [9.17, 15) is 4.79 Å². The van der Waals surface area contributed by atoms with Crippen molar-refractivity contribution in [3.05, 3.63) is 69.9 Å². The van der Waals surface area contributed by atoms with E-state index in [1.807, 2.05) is 29.6 Å². The van der Waals surface area contributed by atoms with Crippen molar-refractivity contribution in [3.63, 3.8) is 0 Å². The van der Waals surface area contributed by atoms with Gasteiger partial charge in [0.2, 0.25) is 0 Å². The SMILES string of the molecule is O=C(OCc1cccs1)c1ccc(Cc2ncn[nH]2)cc1. The zero-order chi connectivity index (χ0) is 14.5. The minimum Gasteiger partial charge on any atom is -0.456 e. The van der Waals surface area contributed by atoms with E-state index in [0.29, 0.717) is 18.6 Å². The Hall–Kier alpha value is -2.47. The van der Waals surface area contributed by atoms with Gasteiger partial charge >= 0.3 is 5.97 Å². The molecule has 0 saturated heterocycles. The summed E-state index contributed by atoms with van der Waals surface area (Å²) < 4.78 is 5.26. The number of esters is 1. The second kappa shape index (κ2) is 6.32. The summed E-state index contributed by atoms with van der Waals surface area (Å²) in [6.07, 6.45) is 2.14. The Bertz CT molecular complexity index is 691. The monoisotopic (exact) mass is 299 g/mol. The summed E-state index contributed by atoms with van der Waals surface area (Å²) >= 11 is 1.57. The van der Waals surface area contributed by atoms with Gasteiger partial charge in [-0.1, -0.05) is 18.2 Å². The van der Waals surface area contributed by atoms with Gasteiger partial charge in [0.05, 0.1) is 5.56 Å². The Morgan fingerprint density at radius 2 is 2.10 bits per heavy atom. The molecule has 1 N–H and O–H groups in total. The summed E-state index contributed by atoms with van der Waals surface area (Å²) in [5, 5.41) is 8.57. The lowest BCUT2D eigenvalue weighted by molar-refractivity contribution is 0.0477. The van der Waals surface area contributed by atoms with Crippen LogP contribution in [0.4, 0.5) is 0 Å². The predicted molar refractivity (Wildman–Crippen MR) is 79.1 cm³/mol. The molecule has 0 radical (unpaired) electrons. The molecule has 1 aromatic carbocycles. The molecule has 21 heavy (non-hydrogen) atoms. The quantitative estimate of drug-likeness (QED) is 0.736. The maximum absolute atomic E-state index is 11.9. The first-order valence-corrected chi connectivity index (χ1v) is 7.32. The van der Waals surface area contributed by atoms with Crippen LogP contribution in [0.3, 0.4) is 0 Å². The lowest BCUT2D eigenvalue weighted by Crippen LogP contribution is -2.04. The molecule has 6 heteroatoms. The molecule has 0 amide bonds. The number of rotatable bonds is 5. The van der Waals surface area contributed by atoms with E-state index in [1.165, 1.54) is 6.33 Å². The molecule has 2 aromatic heterocycles. The van der Waals surface area contributed by atoms with Crippen molar-refractivity contribution in [1.82, 2.24) is 15.2 Å². The van der Waals surface area contributed by atoms with Crippen LogP contribution in [-0.2, 0) is 17.8 Å². The summed E-state index contributed by atoms with van der Waals surface area (Å²) in [7, 11) is 0. The van der Waals surface area contributed by atoms with Gasteiger partial charge in [-0.2, -0.15) is 5.10 Å². The molecule has 0 saturated carbocycles. The van der Waals surface area contributed by atoms with E-state index >= 15 is 0 Å². The third-order valence-electron chi connectivity index (χ3n) is 2.95. The Morgan fingerprint density at radius 3 is 2.76 bits per heavy atom. The van der Waals surface area contributed by atoms with Crippen molar-refractivity contribution in [1.29, 1.82) is 0 Å². The molecule has 0 aliphatic carbocycles. The number of hydrogen-bond acceptors (Lipinski definition) is 5. The van der Waals surface area contributed by atoms with Crippen molar-refractivity contribution in [2.45, 2.75) is 13.0 Å². The average Bonchev–Trinajstić information content (AvgIpc) is 3.19. The fraction of sp³-hybridized carbons (Fsp3) is 0.133. The van der Waals surface area contributed by atoms with Crippen molar-refractivity contribution in [2.75, 3.05) is 0 Å². The minimum atomic E-state index is -0.311. The van der Waals surface area contributed by atoms with Gasteiger partial charge in [-0.3, -0.25) is 5.10 Å². The molecule has 0 aliphatic heterocycles. The van der Waals surface area contributed by atoms with E-state index in [-0.39, 0.29) is 5.97 Å². The highest BCUT2D eigenvalue weighted by molar-refractivity contribution is 7.09. The fourth-order valence-corrected chi connectivity index (χ4v) is 2.50. The molecule has 3 rings (SSSR count). The van der Waals surface area contributed by atoms with Crippen LogP contribution in [0.25, 0.3) is 0 Å². The number of thiophene rings is 1. The lowest BCUT2D eigenvalue weighted by atomic mass is 10.1. The summed E-state index contributed by atoms with van der Waals surface area (Å²) in [4.78, 5) is 17.0. The number of nitrogens with zero attached hydrogens (tertiary/aromatic N) is 2. The highest BCUT2D eigenvalue weighted by Crippen LogP contribution is 2.13. The molecular weight excluding hydrogens is 286 g/mol. The van der Waals surface area contributed by atoms with E-state index in [1.54, 1.807) is 23.5 Å². The van der Waals surface area contributed by atoms with E-state index in [2.05, 4.69) is 15.2 Å². The Balaban J connectivity index is 1.59. The van der Waals surface area contributed by atoms with E-state index in [4.69, 9.17) is 4.74 Å². The highest BCUT2D eigenvalue weighted by atomic mass is 32.1. The standard InChI is InChI=1S/C15H13N3O2S/c19-15(20-9-13-2-1-7-21-13)12-5-3-11(4-6-12)8-14-16-10-17-18-14/h1-7,10H,8-9H2,(H,16,17,18). The normalized spacial score (nSPS) is 10.5. The number of carbonyl (C=O) groups excluding carboxylic acids is 1. The number of nitrogens with one attached hydrogen (secondary N) is 1. The summed E-state index contributed by atoms with van der Waals surface area (Å²) in [5.74, 6) is 0.484. The zero-order valence-corrected chi connectivity index (χ0v) is 12.0. The van der Waals surface area contributed by atoms with Crippen molar-refractivity contribution >= 4 is 17.3 Å². The number of carbonyl (C=O) groups is 1. The Morgan fingerprint density at radius 1 is 1.24 bits per heavy atom. The molecule has 0 aliphatic rings. The first-order valence-electron chi connectivity index (χ1n) is 6.44. The molecule has 0 atom stereocenters. The van der Waals surface area contributed by atoms with Crippen LogP contribution in [0.5, 0.6) is 0 Å². The number of aromatic nitrogens is 3. The number of benzene rings is 1. The Labute approximate surface area is 125 Å². The van der Waals surface area contributed by atoms with Gasteiger partial charge in [0.1, 0.15) is 18.8 Å². The van der Waals surface area contributed by atoms with Gasteiger partial charge in [0.15, 0.2) is 0 Å². The summed E-state index contributed by atoms with van der Waals surface area (Å²) in [6, 6.07) is 11.2. The number of H-pyrrole nitrogens is 1. The van der Waals surface area contributed by atoms with Gasteiger partial charge < -0.3 is 4.74 Å². The number of aromatic amines is 1. The molecule has 0 fully saturated rings. The van der Waals surface area contributed by atoms with Crippen molar-refractivity contribution in [2.24, 2.45) is 0 Å². The van der Waals surface area contributed by atoms with Crippen LogP contribution in [0.2, 0.25) is 0 Å². The highest BCUT2D eigenvalue weighted by Gasteiger charge is 2.08. The molecule has 0 unspecified atom stereocenters. The van der Waals surface area contributed by atoms with Gasteiger partial charge in [-0.15, -0.1) is 11.3 Å². The topological polar surface area (TPSA) is 67.9 Å². The minimum absolute atomic E-state index is 0.311. The van der Waals surface area contributed by atoms with Crippen LogP contribution in [-0.4, -0.2) is 21.2 Å². The molecule has 0 bridgehead atoms. The third kappa shape index (κ3) is 3.55. The first kappa shape index (κ1) is 13.5. The smallest absolute Gasteiger partial charge is 0.338 e. The van der Waals surface area contributed by atoms with Crippen LogP contribution in [0, 0.1) is 0 Å². The predicted octanol–water partition coefficient (Wildman–Crippen LogP) is 2.81. The average molecular weight is 299 g/mol. The van der Waals surface area contributed by atoms with Gasteiger partial charge in [0, 0.05) is 11.3 Å². The van der Waals surface area contributed by atoms with Crippen LogP contribution in [0.15, 0.2) is 48.1 Å². The number of hydrogen-bond donors (Lipinski definition) is 1. The van der Waals surface area contributed by atoms with E-state index < -0.39 is 0 Å². The molecule has 2 heterocycles. The molecule has 3 aromatic rings. The lowest BCUT2D eigenvalue weighted by Gasteiger charge is -2.04. The van der Waals surface area contributed by atoms with Gasteiger partial charge in [0.25, 0.3) is 0 Å². The Kier molecular flexibility index (Phi) is 4.07. The van der Waals surface area contributed by atoms with Crippen molar-refractivity contribution < 1.29 is 9.53 Å². The molecule has 5 nitrogen and oxygen atoms in total. The maximum Gasteiger partial charge on any atom is 0.338 e. The number of ether oxygens (including phenoxy) is 1. The van der Waals surface area contributed by atoms with Gasteiger partial charge in [-0.25, -0.2) is 9.78 Å². The molecule has 0 spiro atoms. The maximum atomic E-state index is 11.9. The summed E-state index contributed by atoms with van der Waals surface area (Å²) in [5.41, 5.74) is 1.61. The molecular formula is C15H13N3O2S. The fourth-order valence-electron chi connectivity index (χ4n) is 1.88. The first-order chi connectivity index (χ1) is 10.3. The van der Waals surface area contributed by atoms with Crippen LogP contribution < -0.4 is 0 Å². The largest absolute Gasteiger partial charge is 0.456 e. The second-order valence-corrected chi connectivity index (χ2v) is 5.49. The van der Waals surface area contributed by atoms with Crippen molar-refractivity contribution in [3.8, 4) is 0 Å². The third-order valence-corrected chi connectivity index (χ3v) is 3.80.